The van der Waals surface area contributed by atoms with Crippen molar-refractivity contribution in [2.75, 3.05) is 17.3 Å². The number of rotatable bonds is 3. The number of carbonyl (C=O) groups excluding carboxylic acids is 2. The van der Waals surface area contributed by atoms with Gasteiger partial charge in [-0.3, -0.25) is 9.59 Å². The zero-order valence-corrected chi connectivity index (χ0v) is 13.9. The lowest BCUT2D eigenvalue weighted by Gasteiger charge is -2.24. The fourth-order valence-electron chi connectivity index (χ4n) is 2.98. The standard InChI is InChI=1S/C19H18ClNO3/c20-13-18(22)24-17-11-6-12-21(16-10-5-4-9-15(16)17)19(23)14-7-2-1-3-8-14/h1-5,7-10,17H,6,11-13H2/t17-/m1/s1. The molecule has 4 nitrogen and oxygen atoms in total. The number of hydrogen-bond donors (Lipinski definition) is 0. The average Bonchev–Trinajstić information content (AvgIpc) is 2.81. The van der Waals surface area contributed by atoms with Gasteiger partial charge in [0.2, 0.25) is 0 Å². The predicted octanol–water partition coefficient (Wildman–Crippen LogP) is 3.95. The summed E-state index contributed by atoms with van der Waals surface area (Å²) >= 11 is 5.56. The lowest BCUT2D eigenvalue weighted by Crippen LogP contribution is -2.31. The summed E-state index contributed by atoms with van der Waals surface area (Å²) in [6.45, 7) is 0.583. The molecule has 5 heteroatoms. The molecule has 1 aliphatic heterocycles. The lowest BCUT2D eigenvalue weighted by molar-refractivity contribution is -0.146. The van der Waals surface area contributed by atoms with E-state index in [-0.39, 0.29) is 17.9 Å². The van der Waals surface area contributed by atoms with Crippen molar-refractivity contribution in [2.24, 2.45) is 0 Å². The summed E-state index contributed by atoms with van der Waals surface area (Å²) in [5, 5.41) is 0. The first-order valence-corrected chi connectivity index (χ1v) is 8.45. The second-order valence-corrected chi connectivity index (χ2v) is 5.90. The lowest BCUT2D eigenvalue weighted by atomic mass is 10.0. The maximum absolute atomic E-state index is 12.9. The number of esters is 1. The molecule has 0 unspecified atom stereocenters. The smallest absolute Gasteiger partial charge is 0.321 e. The molecule has 1 amide bonds. The largest absolute Gasteiger partial charge is 0.457 e. The number of anilines is 1. The number of benzene rings is 2. The van der Waals surface area contributed by atoms with Gasteiger partial charge in [0, 0.05) is 17.7 Å². The third-order valence-electron chi connectivity index (χ3n) is 4.07. The Morgan fingerprint density at radius 3 is 2.54 bits per heavy atom. The number of para-hydroxylation sites is 1. The highest BCUT2D eigenvalue weighted by molar-refractivity contribution is 6.26. The van der Waals surface area contributed by atoms with E-state index in [0.717, 1.165) is 17.7 Å². The molecular weight excluding hydrogens is 326 g/mol. The summed E-state index contributed by atoms with van der Waals surface area (Å²) in [5.74, 6) is -0.669. The number of ether oxygens (including phenoxy) is 1. The number of hydrogen-bond acceptors (Lipinski definition) is 3. The summed E-state index contributed by atoms with van der Waals surface area (Å²) in [7, 11) is 0. The second kappa shape index (κ2) is 7.49. The van der Waals surface area contributed by atoms with E-state index in [9.17, 15) is 9.59 Å². The van der Waals surface area contributed by atoms with Gasteiger partial charge in [-0.05, 0) is 31.0 Å². The van der Waals surface area contributed by atoms with Crippen LogP contribution in [0.25, 0.3) is 0 Å². The van der Waals surface area contributed by atoms with Gasteiger partial charge in [-0.15, -0.1) is 11.6 Å². The van der Waals surface area contributed by atoms with Crippen molar-refractivity contribution in [3.05, 3.63) is 65.7 Å². The van der Waals surface area contributed by atoms with Crippen molar-refractivity contribution in [1.82, 2.24) is 0 Å². The molecule has 0 saturated heterocycles. The SMILES string of the molecule is O=C(CCl)O[C@@H]1CCCN(C(=O)c2ccccc2)c2ccccc21. The number of amides is 1. The van der Waals surface area contributed by atoms with Crippen LogP contribution in [0.1, 0.15) is 34.9 Å². The van der Waals surface area contributed by atoms with Crippen LogP contribution >= 0.6 is 11.6 Å². The molecule has 0 radical (unpaired) electrons. The molecule has 0 aromatic heterocycles. The molecule has 1 aliphatic rings. The van der Waals surface area contributed by atoms with Gasteiger partial charge >= 0.3 is 5.97 Å². The molecule has 124 valence electrons. The molecule has 0 saturated carbocycles. The van der Waals surface area contributed by atoms with Crippen molar-refractivity contribution >= 4 is 29.2 Å². The van der Waals surface area contributed by atoms with E-state index < -0.39 is 5.97 Å². The van der Waals surface area contributed by atoms with E-state index in [1.807, 2.05) is 42.5 Å². The Morgan fingerprint density at radius 2 is 1.79 bits per heavy atom. The Hall–Kier alpha value is -2.33. The van der Waals surface area contributed by atoms with Gasteiger partial charge in [-0.25, -0.2) is 0 Å². The molecule has 0 N–H and O–H groups in total. The minimum Gasteiger partial charge on any atom is -0.457 e. The third kappa shape index (κ3) is 3.44. The number of halogens is 1. The van der Waals surface area contributed by atoms with Gasteiger partial charge in [0.05, 0.1) is 5.69 Å². The van der Waals surface area contributed by atoms with Crippen LogP contribution in [0.3, 0.4) is 0 Å². The highest BCUT2D eigenvalue weighted by Crippen LogP contribution is 2.35. The Morgan fingerprint density at radius 1 is 1.08 bits per heavy atom. The predicted molar refractivity (Wildman–Crippen MR) is 93.3 cm³/mol. The van der Waals surface area contributed by atoms with Gasteiger partial charge in [0.25, 0.3) is 5.91 Å². The molecule has 2 aromatic rings. The Balaban J connectivity index is 1.95. The Kier molecular flexibility index (Phi) is 5.16. The monoisotopic (exact) mass is 343 g/mol. The Labute approximate surface area is 146 Å². The first kappa shape index (κ1) is 16.5. The van der Waals surface area contributed by atoms with E-state index >= 15 is 0 Å². The highest BCUT2D eigenvalue weighted by atomic mass is 35.5. The summed E-state index contributed by atoms with van der Waals surface area (Å²) in [4.78, 5) is 26.3. The quantitative estimate of drug-likeness (QED) is 0.626. The number of carbonyl (C=O) groups is 2. The normalized spacial score (nSPS) is 16.9. The number of fused-ring (bicyclic) bond motifs is 1. The molecule has 0 spiro atoms. The zero-order valence-electron chi connectivity index (χ0n) is 13.2. The van der Waals surface area contributed by atoms with Crippen LogP contribution in [-0.4, -0.2) is 24.3 Å². The van der Waals surface area contributed by atoms with Gasteiger partial charge in [-0.1, -0.05) is 36.4 Å². The molecule has 3 rings (SSSR count). The van der Waals surface area contributed by atoms with Crippen LogP contribution in [0.2, 0.25) is 0 Å². The van der Waals surface area contributed by atoms with Gasteiger partial charge < -0.3 is 9.64 Å². The van der Waals surface area contributed by atoms with Crippen LogP contribution in [0.5, 0.6) is 0 Å². The van der Waals surface area contributed by atoms with Crippen LogP contribution in [0.15, 0.2) is 54.6 Å². The van der Waals surface area contributed by atoms with Crippen LogP contribution < -0.4 is 4.90 Å². The minimum atomic E-state index is -0.445. The number of nitrogens with zero attached hydrogens (tertiary/aromatic N) is 1. The summed E-state index contributed by atoms with van der Waals surface area (Å²) in [6.07, 6.45) is 1.03. The van der Waals surface area contributed by atoms with Gasteiger partial charge in [0.15, 0.2) is 0 Å². The summed E-state index contributed by atoms with van der Waals surface area (Å²) in [5.41, 5.74) is 2.28. The van der Waals surface area contributed by atoms with E-state index in [4.69, 9.17) is 16.3 Å². The highest BCUT2D eigenvalue weighted by Gasteiger charge is 2.28. The van der Waals surface area contributed by atoms with E-state index in [1.54, 1.807) is 17.0 Å². The fraction of sp³-hybridized carbons (Fsp3) is 0.263. The number of alkyl halides is 1. The van der Waals surface area contributed by atoms with Crippen LogP contribution in [0.4, 0.5) is 5.69 Å². The topological polar surface area (TPSA) is 46.6 Å². The second-order valence-electron chi connectivity index (χ2n) is 5.64. The molecule has 1 atom stereocenters. The first-order valence-electron chi connectivity index (χ1n) is 7.92. The molecule has 2 aromatic carbocycles. The van der Waals surface area contributed by atoms with Crippen molar-refractivity contribution in [3.8, 4) is 0 Å². The van der Waals surface area contributed by atoms with E-state index in [1.165, 1.54) is 0 Å². The molecule has 1 heterocycles. The van der Waals surface area contributed by atoms with Gasteiger partial charge in [-0.2, -0.15) is 0 Å². The Bertz CT molecular complexity index is 732. The van der Waals surface area contributed by atoms with E-state index in [0.29, 0.717) is 18.5 Å². The van der Waals surface area contributed by atoms with E-state index in [2.05, 4.69) is 0 Å². The average molecular weight is 344 g/mol. The van der Waals surface area contributed by atoms with Crippen LogP contribution in [-0.2, 0) is 9.53 Å². The molecule has 0 aliphatic carbocycles. The van der Waals surface area contributed by atoms with Crippen molar-refractivity contribution in [1.29, 1.82) is 0 Å². The minimum absolute atomic E-state index is 0.0487. The third-order valence-corrected chi connectivity index (χ3v) is 4.29. The molecule has 0 bridgehead atoms. The molecule has 24 heavy (non-hydrogen) atoms. The zero-order chi connectivity index (χ0) is 16.9. The molecule has 0 fully saturated rings. The van der Waals surface area contributed by atoms with Crippen molar-refractivity contribution in [3.63, 3.8) is 0 Å². The molecular formula is C19H18ClNO3. The van der Waals surface area contributed by atoms with Crippen molar-refractivity contribution < 1.29 is 14.3 Å². The maximum atomic E-state index is 12.9. The van der Waals surface area contributed by atoms with Crippen molar-refractivity contribution in [2.45, 2.75) is 18.9 Å². The summed E-state index contributed by atoms with van der Waals surface area (Å²) < 4.78 is 5.47. The first-order chi connectivity index (χ1) is 11.7. The summed E-state index contributed by atoms with van der Waals surface area (Å²) in [6, 6.07) is 16.8. The maximum Gasteiger partial charge on any atom is 0.321 e. The van der Waals surface area contributed by atoms with Crippen LogP contribution in [0, 0.1) is 0 Å². The van der Waals surface area contributed by atoms with Gasteiger partial charge in [0.1, 0.15) is 12.0 Å². The fourth-order valence-corrected chi connectivity index (χ4v) is 3.04.